The van der Waals surface area contributed by atoms with E-state index >= 15 is 0 Å². The number of nitrogens with zero attached hydrogens (tertiary/aromatic N) is 3. The highest BCUT2D eigenvalue weighted by Gasteiger charge is 2.11. The molecule has 130 valence electrons. The molecule has 0 saturated carbocycles. The van der Waals surface area contributed by atoms with Crippen LogP contribution < -0.4 is 11.5 Å². The van der Waals surface area contributed by atoms with Gasteiger partial charge in [-0.1, -0.05) is 5.16 Å². The van der Waals surface area contributed by atoms with Gasteiger partial charge >= 0.3 is 0 Å². The van der Waals surface area contributed by atoms with Gasteiger partial charge in [-0.2, -0.15) is 0 Å². The van der Waals surface area contributed by atoms with Crippen molar-refractivity contribution in [2.75, 3.05) is 0 Å². The van der Waals surface area contributed by atoms with Crippen molar-refractivity contribution in [3.63, 3.8) is 0 Å². The van der Waals surface area contributed by atoms with E-state index in [0.717, 1.165) is 0 Å². The summed E-state index contributed by atoms with van der Waals surface area (Å²) >= 11 is 0. The van der Waals surface area contributed by atoms with Crippen LogP contribution in [-0.4, -0.2) is 26.8 Å². The molecular formula is C15H15Cl2N7O. The van der Waals surface area contributed by atoms with E-state index in [9.17, 15) is 0 Å². The Balaban J connectivity index is 0.00000156. The van der Waals surface area contributed by atoms with Crippen LogP contribution >= 0.6 is 24.8 Å². The lowest BCUT2D eigenvalue weighted by Crippen LogP contribution is -2.11. The van der Waals surface area contributed by atoms with E-state index in [0.29, 0.717) is 33.7 Å². The third kappa shape index (κ3) is 4.31. The van der Waals surface area contributed by atoms with Crippen molar-refractivity contribution < 1.29 is 4.52 Å². The van der Waals surface area contributed by atoms with Gasteiger partial charge in [-0.3, -0.25) is 20.8 Å². The molecule has 3 aromatic heterocycles. The van der Waals surface area contributed by atoms with Crippen LogP contribution in [0.15, 0.2) is 47.5 Å². The summed E-state index contributed by atoms with van der Waals surface area (Å²) < 4.78 is 5.33. The molecule has 6 N–H and O–H groups in total. The number of pyridine rings is 2. The van der Waals surface area contributed by atoms with Crippen molar-refractivity contribution in [3.05, 3.63) is 54.1 Å². The third-order valence-corrected chi connectivity index (χ3v) is 3.19. The number of aromatic nitrogens is 3. The number of rotatable bonds is 4. The number of nitrogens with one attached hydrogen (secondary N) is 2. The third-order valence-electron chi connectivity index (χ3n) is 3.19. The minimum Gasteiger partial charge on any atom is -0.384 e. The van der Waals surface area contributed by atoms with Crippen molar-refractivity contribution in [1.29, 1.82) is 10.8 Å². The van der Waals surface area contributed by atoms with E-state index in [-0.39, 0.29) is 36.5 Å². The average Bonchev–Trinajstić information content (AvgIpc) is 3.05. The fraction of sp³-hybridized carbons (Fsp3) is 0. The molecule has 3 aromatic rings. The predicted octanol–water partition coefficient (Wildman–Crippen LogP) is 2.21. The lowest BCUT2D eigenvalue weighted by atomic mass is 10.1. The Bertz CT molecular complexity index is 838. The summed E-state index contributed by atoms with van der Waals surface area (Å²) in [6, 6.07) is 5.13. The zero-order valence-corrected chi connectivity index (χ0v) is 14.4. The van der Waals surface area contributed by atoms with Crippen molar-refractivity contribution in [2.45, 2.75) is 0 Å². The highest BCUT2D eigenvalue weighted by molar-refractivity contribution is 5.96. The molecule has 0 fully saturated rings. The second kappa shape index (κ2) is 8.22. The van der Waals surface area contributed by atoms with E-state index in [2.05, 4.69) is 15.1 Å². The van der Waals surface area contributed by atoms with Crippen LogP contribution in [0.3, 0.4) is 0 Å². The first-order valence-electron chi connectivity index (χ1n) is 6.61. The van der Waals surface area contributed by atoms with Crippen molar-refractivity contribution >= 4 is 36.5 Å². The molecule has 0 aromatic carbocycles. The molecule has 0 atom stereocenters. The van der Waals surface area contributed by atoms with E-state index in [1.807, 2.05) is 0 Å². The summed E-state index contributed by atoms with van der Waals surface area (Å²) in [4.78, 5) is 8.08. The molecule has 0 aliphatic carbocycles. The Morgan fingerprint density at radius 3 is 1.88 bits per heavy atom. The van der Waals surface area contributed by atoms with Gasteiger partial charge in [-0.05, 0) is 12.1 Å². The number of hydrogen-bond donors (Lipinski definition) is 4. The smallest absolute Gasteiger partial charge is 0.169 e. The van der Waals surface area contributed by atoms with Crippen molar-refractivity contribution in [3.8, 4) is 22.6 Å². The molecule has 0 radical (unpaired) electrons. The fourth-order valence-corrected chi connectivity index (χ4v) is 2.00. The normalized spacial score (nSPS) is 9.60. The minimum absolute atomic E-state index is 0. The topological polar surface area (TPSA) is 152 Å². The number of halogens is 2. The molecule has 0 bridgehead atoms. The standard InChI is InChI=1S/C15H13N7O.2ClH/c16-14(17)10-1-8(4-20-6-10)12-3-13(23-22-12)9-2-11(15(18)19)7-21-5-9;;/h1-7H,(H3,16,17)(H3,18,19);2*1H. The minimum atomic E-state index is -0.0718. The second-order valence-electron chi connectivity index (χ2n) is 4.83. The van der Waals surface area contributed by atoms with Crippen LogP contribution in [0.2, 0.25) is 0 Å². The van der Waals surface area contributed by atoms with Gasteiger partial charge in [0, 0.05) is 53.1 Å². The highest BCUT2D eigenvalue weighted by Crippen LogP contribution is 2.26. The number of nitrogen functional groups attached to an aromatic ring is 2. The van der Waals surface area contributed by atoms with Crippen LogP contribution in [-0.2, 0) is 0 Å². The summed E-state index contributed by atoms with van der Waals surface area (Å²) in [6.07, 6.45) is 6.22. The van der Waals surface area contributed by atoms with Crippen LogP contribution in [0.25, 0.3) is 22.6 Å². The molecule has 0 aliphatic heterocycles. The Morgan fingerprint density at radius 1 is 0.800 bits per heavy atom. The van der Waals surface area contributed by atoms with Gasteiger partial charge in [0.25, 0.3) is 0 Å². The molecular weight excluding hydrogens is 365 g/mol. The molecule has 3 heterocycles. The highest BCUT2D eigenvalue weighted by atomic mass is 35.5. The number of amidine groups is 2. The molecule has 0 spiro atoms. The van der Waals surface area contributed by atoms with E-state index < -0.39 is 0 Å². The quantitative estimate of drug-likeness (QED) is 0.402. The Kier molecular flexibility index (Phi) is 6.60. The van der Waals surface area contributed by atoms with Crippen LogP contribution in [0.5, 0.6) is 0 Å². The second-order valence-corrected chi connectivity index (χ2v) is 4.83. The summed E-state index contributed by atoms with van der Waals surface area (Å²) in [5, 5.41) is 18.9. The molecule has 10 heteroatoms. The summed E-state index contributed by atoms with van der Waals surface area (Å²) in [5.41, 5.74) is 13.8. The number of nitrogens with two attached hydrogens (primary N) is 2. The fourth-order valence-electron chi connectivity index (χ4n) is 2.00. The van der Waals surface area contributed by atoms with E-state index in [1.165, 1.54) is 12.4 Å². The lowest BCUT2D eigenvalue weighted by molar-refractivity contribution is 0.435. The summed E-state index contributed by atoms with van der Waals surface area (Å²) in [7, 11) is 0. The van der Waals surface area contributed by atoms with Gasteiger partial charge in [-0.15, -0.1) is 24.8 Å². The van der Waals surface area contributed by atoms with Gasteiger partial charge in [0.1, 0.15) is 17.4 Å². The molecule has 25 heavy (non-hydrogen) atoms. The zero-order chi connectivity index (χ0) is 16.4. The van der Waals surface area contributed by atoms with Crippen molar-refractivity contribution in [2.24, 2.45) is 11.5 Å². The van der Waals surface area contributed by atoms with Crippen LogP contribution in [0.4, 0.5) is 0 Å². The molecule has 3 rings (SSSR count). The molecule has 0 unspecified atom stereocenters. The Morgan fingerprint density at radius 2 is 1.32 bits per heavy atom. The van der Waals surface area contributed by atoms with E-state index in [4.69, 9.17) is 26.8 Å². The largest absolute Gasteiger partial charge is 0.384 e. The first-order valence-corrected chi connectivity index (χ1v) is 6.61. The zero-order valence-electron chi connectivity index (χ0n) is 12.8. The van der Waals surface area contributed by atoms with Crippen LogP contribution in [0.1, 0.15) is 11.1 Å². The van der Waals surface area contributed by atoms with Gasteiger partial charge in [0.15, 0.2) is 5.76 Å². The van der Waals surface area contributed by atoms with Crippen molar-refractivity contribution in [1.82, 2.24) is 15.1 Å². The van der Waals surface area contributed by atoms with Gasteiger partial charge < -0.3 is 16.0 Å². The maximum Gasteiger partial charge on any atom is 0.169 e. The molecule has 0 aliphatic rings. The number of hydrogen-bond acceptors (Lipinski definition) is 6. The Hall–Kier alpha value is -2.97. The maximum absolute atomic E-state index is 7.45. The van der Waals surface area contributed by atoms with E-state index in [1.54, 1.807) is 30.6 Å². The molecule has 0 amide bonds. The SMILES string of the molecule is Cl.Cl.N=C(N)c1cncc(-c2cc(-c3cncc(C(=N)N)c3)on2)c1. The van der Waals surface area contributed by atoms with Gasteiger partial charge in [0.2, 0.25) is 0 Å². The van der Waals surface area contributed by atoms with Gasteiger partial charge in [-0.25, -0.2) is 0 Å². The summed E-state index contributed by atoms with van der Waals surface area (Å²) in [6.45, 7) is 0. The summed E-state index contributed by atoms with van der Waals surface area (Å²) in [5.74, 6) is 0.350. The predicted molar refractivity (Wildman–Crippen MR) is 99.5 cm³/mol. The monoisotopic (exact) mass is 379 g/mol. The van der Waals surface area contributed by atoms with Gasteiger partial charge in [0.05, 0.1) is 0 Å². The molecule has 8 nitrogen and oxygen atoms in total. The van der Waals surface area contributed by atoms with Crippen LogP contribution in [0, 0.1) is 10.8 Å². The maximum atomic E-state index is 7.45. The first kappa shape index (κ1) is 20.1. The lowest BCUT2D eigenvalue weighted by Gasteiger charge is -2.00. The average molecular weight is 380 g/mol. The Labute approximate surface area is 155 Å². The first-order chi connectivity index (χ1) is 11.0. The molecule has 0 saturated heterocycles.